The number of benzene rings is 2. The van der Waals surface area contributed by atoms with E-state index in [4.69, 9.17) is 16.7 Å². The fourth-order valence-electron chi connectivity index (χ4n) is 3.71. The Labute approximate surface area is 197 Å². The van der Waals surface area contributed by atoms with Crippen molar-refractivity contribution in [3.63, 3.8) is 0 Å². The molecule has 0 amide bonds. The number of aryl methyl sites for hydroxylation is 2. The van der Waals surface area contributed by atoms with Gasteiger partial charge in [0, 0.05) is 24.0 Å². The molecule has 0 saturated heterocycles. The van der Waals surface area contributed by atoms with Gasteiger partial charge in [-0.15, -0.1) is 0 Å². The van der Waals surface area contributed by atoms with Gasteiger partial charge in [0.05, 0.1) is 27.7 Å². The number of carboxylic acid groups (broad SMARTS) is 1. The van der Waals surface area contributed by atoms with Gasteiger partial charge in [0.2, 0.25) is 0 Å². The number of nitrogens with one attached hydrogen (secondary N) is 1. The van der Waals surface area contributed by atoms with Gasteiger partial charge in [0.15, 0.2) is 0 Å². The highest BCUT2D eigenvalue weighted by molar-refractivity contribution is 6.32. The van der Waals surface area contributed by atoms with Crippen LogP contribution in [0.4, 0.5) is 11.5 Å². The molecule has 6 nitrogen and oxygen atoms in total. The van der Waals surface area contributed by atoms with E-state index in [-0.39, 0.29) is 5.56 Å². The molecule has 2 aromatic heterocycles. The summed E-state index contributed by atoms with van der Waals surface area (Å²) < 4.78 is 1.71. The Bertz CT molecular complexity index is 1320. The van der Waals surface area contributed by atoms with Crippen LogP contribution in [-0.4, -0.2) is 25.8 Å². The van der Waals surface area contributed by atoms with E-state index in [1.54, 1.807) is 29.2 Å². The van der Waals surface area contributed by atoms with E-state index in [0.717, 1.165) is 22.4 Å². The Morgan fingerprint density at radius 3 is 2.58 bits per heavy atom. The van der Waals surface area contributed by atoms with Crippen LogP contribution in [0.3, 0.4) is 0 Å². The Hall–Kier alpha value is -3.64. The van der Waals surface area contributed by atoms with Crippen molar-refractivity contribution in [3.8, 4) is 16.9 Å². The molecule has 0 unspecified atom stereocenters. The first-order valence-electron chi connectivity index (χ1n) is 10.7. The van der Waals surface area contributed by atoms with Gasteiger partial charge >= 0.3 is 5.97 Å². The van der Waals surface area contributed by atoms with Crippen LogP contribution in [0, 0.1) is 13.8 Å². The number of rotatable bonds is 6. The topological polar surface area (TPSA) is 80.0 Å². The summed E-state index contributed by atoms with van der Waals surface area (Å²) in [5.74, 6) is -0.0232. The summed E-state index contributed by atoms with van der Waals surface area (Å²) in [5, 5.41) is 18.3. The quantitative estimate of drug-likeness (QED) is 0.332. The third-order valence-corrected chi connectivity index (χ3v) is 5.77. The molecule has 0 fully saturated rings. The van der Waals surface area contributed by atoms with Gasteiger partial charge in [-0.3, -0.25) is 4.98 Å². The average Bonchev–Trinajstić information content (AvgIpc) is 3.18. The Morgan fingerprint density at radius 1 is 1.09 bits per heavy atom. The Morgan fingerprint density at radius 2 is 1.88 bits per heavy atom. The lowest BCUT2D eigenvalue weighted by atomic mass is 10.00. The van der Waals surface area contributed by atoms with Gasteiger partial charge in [-0.05, 0) is 49.1 Å². The molecule has 0 radical (unpaired) electrons. The zero-order chi connectivity index (χ0) is 23.7. The molecule has 7 heteroatoms. The fraction of sp³-hybridized carbons (Fsp3) is 0.192. The minimum Gasteiger partial charge on any atom is -0.478 e. The van der Waals surface area contributed by atoms with Gasteiger partial charge in [-0.2, -0.15) is 5.10 Å². The summed E-state index contributed by atoms with van der Waals surface area (Å²) in [6.07, 6.45) is 3.29. The number of pyridine rings is 1. The van der Waals surface area contributed by atoms with Crippen molar-refractivity contribution in [1.29, 1.82) is 0 Å². The summed E-state index contributed by atoms with van der Waals surface area (Å²) in [4.78, 5) is 16.0. The highest BCUT2D eigenvalue weighted by Gasteiger charge is 2.19. The van der Waals surface area contributed by atoms with E-state index in [1.807, 2.05) is 38.1 Å². The van der Waals surface area contributed by atoms with Crippen LogP contribution < -0.4 is 5.32 Å². The molecule has 0 atom stereocenters. The lowest BCUT2D eigenvalue weighted by molar-refractivity contribution is 0.0698. The van der Waals surface area contributed by atoms with Crippen molar-refractivity contribution in [3.05, 3.63) is 88.2 Å². The van der Waals surface area contributed by atoms with Crippen molar-refractivity contribution >= 4 is 29.1 Å². The summed E-state index contributed by atoms with van der Waals surface area (Å²) in [6.45, 7) is 8.07. The molecule has 0 aliphatic carbocycles. The molecule has 0 bridgehead atoms. The van der Waals surface area contributed by atoms with Gasteiger partial charge < -0.3 is 10.4 Å². The van der Waals surface area contributed by atoms with Crippen molar-refractivity contribution in [2.75, 3.05) is 5.32 Å². The minimum atomic E-state index is -1.00. The molecule has 168 valence electrons. The summed E-state index contributed by atoms with van der Waals surface area (Å²) >= 11 is 6.52. The fourth-order valence-corrected chi connectivity index (χ4v) is 4.00. The molecule has 0 saturated carbocycles. The van der Waals surface area contributed by atoms with Crippen LogP contribution >= 0.6 is 11.6 Å². The Balaban J connectivity index is 1.89. The van der Waals surface area contributed by atoms with Crippen LogP contribution in [0.2, 0.25) is 5.02 Å². The van der Waals surface area contributed by atoms with Gasteiger partial charge in [-0.1, -0.05) is 55.3 Å². The zero-order valence-electron chi connectivity index (χ0n) is 18.9. The molecule has 0 aliphatic rings. The largest absolute Gasteiger partial charge is 0.478 e. The molecule has 2 N–H and O–H groups in total. The maximum absolute atomic E-state index is 11.9. The van der Waals surface area contributed by atoms with Crippen LogP contribution in [0.25, 0.3) is 16.9 Å². The van der Waals surface area contributed by atoms with E-state index >= 15 is 0 Å². The molecular formula is C26H25ClN4O2. The van der Waals surface area contributed by atoms with E-state index in [0.29, 0.717) is 28.1 Å². The third kappa shape index (κ3) is 4.61. The lowest BCUT2D eigenvalue weighted by Crippen LogP contribution is -2.08. The molecule has 0 aliphatic heterocycles. The van der Waals surface area contributed by atoms with Gasteiger partial charge in [0.25, 0.3) is 0 Å². The van der Waals surface area contributed by atoms with Crippen molar-refractivity contribution < 1.29 is 9.90 Å². The third-order valence-electron chi connectivity index (χ3n) is 5.49. The highest BCUT2D eigenvalue weighted by atomic mass is 35.5. The van der Waals surface area contributed by atoms with Crippen molar-refractivity contribution in [2.45, 2.75) is 33.6 Å². The van der Waals surface area contributed by atoms with Crippen LogP contribution in [0.1, 0.15) is 46.8 Å². The standard InChI is InChI=1S/C26H25ClN4O2/c1-15(2)18-6-5-7-19(11-18)23-12-24(29-22-9-8-16(3)10-20(22)26(32)33)31(30-23)25-17(4)13-28-14-21(25)27/h5-15,29H,1-4H3,(H,32,33). The van der Waals surface area contributed by atoms with Crippen LogP contribution in [-0.2, 0) is 0 Å². The van der Waals surface area contributed by atoms with E-state index in [1.165, 1.54) is 5.56 Å². The molecule has 2 heterocycles. The number of nitrogens with zero attached hydrogens (tertiary/aromatic N) is 3. The Kier molecular flexibility index (Phi) is 6.20. The summed E-state index contributed by atoms with van der Waals surface area (Å²) in [6, 6.07) is 15.4. The first-order valence-corrected chi connectivity index (χ1v) is 11.0. The second-order valence-electron chi connectivity index (χ2n) is 8.37. The highest BCUT2D eigenvalue weighted by Crippen LogP contribution is 2.33. The normalized spacial score (nSPS) is 11.1. The second-order valence-corrected chi connectivity index (χ2v) is 8.78. The molecule has 4 aromatic rings. The summed E-state index contributed by atoms with van der Waals surface area (Å²) in [5.41, 5.74) is 5.97. The molecule has 33 heavy (non-hydrogen) atoms. The maximum atomic E-state index is 11.9. The summed E-state index contributed by atoms with van der Waals surface area (Å²) in [7, 11) is 0. The predicted molar refractivity (Wildman–Crippen MR) is 132 cm³/mol. The number of hydrogen-bond acceptors (Lipinski definition) is 4. The lowest BCUT2D eigenvalue weighted by Gasteiger charge is -2.14. The van der Waals surface area contributed by atoms with Gasteiger partial charge in [-0.25, -0.2) is 9.48 Å². The number of aromatic carboxylic acids is 1. The second kappa shape index (κ2) is 9.08. The number of carboxylic acids is 1. The molecule has 2 aromatic carbocycles. The molecule has 0 spiro atoms. The average molecular weight is 461 g/mol. The van der Waals surface area contributed by atoms with E-state index < -0.39 is 5.97 Å². The molecule has 4 rings (SSSR count). The smallest absolute Gasteiger partial charge is 0.337 e. The first-order chi connectivity index (χ1) is 15.7. The SMILES string of the molecule is Cc1ccc(Nc2cc(-c3cccc(C(C)C)c3)nn2-c2c(C)cncc2Cl)c(C(=O)O)c1. The maximum Gasteiger partial charge on any atom is 0.337 e. The minimum absolute atomic E-state index is 0.184. The van der Waals surface area contributed by atoms with Crippen molar-refractivity contribution in [2.24, 2.45) is 0 Å². The number of halogens is 1. The molecular weight excluding hydrogens is 436 g/mol. The number of carbonyl (C=O) groups is 1. The zero-order valence-corrected chi connectivity index (χ0v) is 19.7. The number of hydrogen-bond donors (Lipinski definition) is 2. The predicted octanol–water partition coefficient (Wildman–Crippen LogP) is 6.77. The monoisotopic (exact) mass is 460 g/mol. The number of anilines is 2. The van der Waals surface area contributed by atoms with Crippen LogP contribution in [0.15, 0.2) is 60.9 Å². The van der Waals surface area contributed by atoms with Crippen LogP contribution in [0.5, 0.6) is 0 Å². The first kappa shape index (κ1) is 22.6. The van der Waals surface area contributed by atoms with Crippen molar-refractivity contribution in [1.82, 2.24) is 14.8 Å². The van der Waals surface area contributed by atoms with E-state index in [9.17, 15) is 9.90 Å². The van der Waals surface area contributed by atoms with E-state index in [2.05, 4.69) is 36.3 Å². The van der Waals surface area contributed by atoms with Gasteiger partial charge in [0.1, 0.15) is 5.82 Å². The number of aromatic nitrogens is 3.